The molecule has 0 atom stereocenters. The van der Waals surface area contributed by atoms with E-state index in [-0.39, 0.29) is 0 Å². The fourth-order valence-electron chi connectivity index (χ4n) is 9.05. The highest BCUT2D eigenvalue weighted by Crippen LogP contribution is 2.51. The summed E-state index contributed by atoms with van der Waals surface area (Å²) in [6, 6.07) is 68.6. The van der Waals surface area contributed by atoms with Crippen molar-refractivity contribution in [1.82, 2.24) is 4.57 Å². The van der Waals surface area contributed by atoms with Gasteiger partial charge in [0.15, 0.2) is 0 Å². The van der Waals surface area contributed by atoms with Crippen LogP contribution in [0.3, 0.4) is 0 Å². The lowest BCUT2D eigenvalue weighted by Gasteiger charge is -2.12. The Balaban J connectivity index is 1.10. The molecule has 9 aromatic carbocycles. The number of rotatable bonds is 4. The van der Waals surface area contributed by atoms with Gasteiger partial charge in [0.2, 0.25) is 0 Å². The zero-order chi connectivity index (χ0) is 35.3. The molecule has 0 amide bonds. The zero-order valence-corrected chi connectivity index (χ0v) is 29.3. The number of hydrogen-bond acceptors (Lipinski definition) is 1. The Morgan fingerprint density at radius 1 is 0.296 bits per heavy atom. The van der Waals surface area contributed by atoms with Crippen molar-refractivity contribution >= 4 is 54.5 Å². The van der Waals surface area contributed by atoms with Crippen LogP contribution in [0.1, 0.15) is 0 Å². The molecule has 2 nitrogen and oxygen atoms in total. The molecule has 0 spiro atoms. The van der Waals surface area contributed by atoms with E-state index in [1.807, 2.05) is 12.1 Å². The van der Waals surface area contributed by atoms with Crippen LogP contribution in [0.2, 0.25) is 0 Å². The lowest BCUT2D eigenvalue weighted by molar-refractivity contribution is 0.669. The normalized spacial score (nSPS) is 12.1. The summed E-state index contributed by atoms with van der Waals surface area (Å²) in [5.74, 6) is 0. The smallest absolute Gasteiger partial charge is 0.135 e. The van der Waals surface area contributed by atoms with Crippen molar-refractivity contribution in [2.75, 3.05) is 0 Å². The molecule has 0 fully saturated rings. The zero-order valence-electron chi connectivity index (χ0n) is 29.3. The average Bonchev–Trinajstić information content (AvgIpc) is 3.89. The molecule has 11 aromatic rings. The maximum atomic E-state index is 6.19. The van der Waals surface area contributed by atoms with Gasteiger partial charge in [-0.05, 0) is 115 Å². The fourth-order valence-corrected chi connectivity index (χ4v) is 9.05. The van der Waals surface area contributed by atoms with Gasteiger partial charge in [-0.1, -0.05) is 140 Å². The van der Waals surface area contributed by atoms with E-state index in [1.165, 1.54) is 88.2 Å². The Kier molecular flexibility index (Phi) is 6.09. The number of fused-ring (bicyclic) bond motifs is 10. The van der Waals surface area contributed by atoms with E-state index in [4.69, 9.17) is 4.42 Å². The minimum atomic E-state index is 0.913. The Hall–Kier alpha value is -7.16. The topological polar surface area (TPSA) is 18.1 Å². The van der Waals surface area contributed by atoms with Crippen molar-refractivity contribution in [2.45, 2.75) is 0 Å². The van der Waals surface area contributed by atoms with Crippen molar-refractivity contribution in [1.29, 1.82) is 0 Å². The lowest BCUT2D eigenvalue weighted by Crippen LogP contribution is -1.95. The van der Waals surface area contributed by atoms with Crippen LogP contribution in [-0.4, -0.2) is 4.57 Å². The fraction of sp³-hybridized carbons (Fsp3) is 0. The van der Waals surface area contributed by atoms with Crippen molar-refractivity contribution < 1.29 is 4.42 Å². The standard InChI is InChI=1S/C52H31NO/c1-2-10-32(11-3-1)33-20-22-34(23-21-33)35-12-8-13-38(28-35)53-47-26-24-36(37-25-27-50-44(29-37)41-16-6-7-19-49(41)54-50)30-46(47)52-43-18-9-17-42-39-14-4-5-15-40(39)45(51(42)43)31-48(52)53/h1-31H. The summed E-state index contributed by atoms with van der Waals surface area (Å²) in [6.07, 6.45) is 0. The van der Waals surface area contributed by atoms with Gasteiger partial charge >= 0.3 is 0 Å². The van der Waals surface area contributed by atoms with Gasteiger partial charge in [-0.25, -0.2) is 0 Å². The highest BCUT2D eigenvalue weighted by atomic mass is 16.3. The van der Waals surface area contributed by atoms with Gasteiger partial charge in [0.25, 0.3) is 0 Å². The van der Waals surface area contributed by atoms with Gasteiger partial charge in [0.1, 0.15) is 11.2 Å². The molecule has 0 saturated carbocycles. The summed E-state index contributed by atoms with van der Waals surface area (Å²) in [4.78, 5) is 0. The second-order valence-electron chi connectivity index (χ2n) is 14.5. The second kappa shape index (κ2) is 11.2. The summed E-state index contributed by atoms with van der Waals surface area (Å²) >= 11 is 0. The van der Waals surface area contributed by atoms with E-state index >= 15 is 0 Å². The second-order valence-corrected chi connectivity index (χ2v) is 14.5. The SMILES string of the molecule is c1ccc(-c2ccc(-c3cccc(-n4c5ccc(-c6ccc7oc8ccccc8c7c6)cc5c5c6cccc7c6c(cc54)-c4ccccc4-7)c3)cc2)cc1. The summed E-state index contributed by atoms with van der Waals surface area (Å²) < 4.78 is 8.67. The van der Waals surface area contributed by atoms with Gasteiger partial charge in [-0.15, -0.1) is 0 Å². The third-order valence-corrected chi connectivity index (χ3v) is 11.5. The number of nitrogens with zero attached hydrogens (tertiary/aromatic N) is 1. The molecule has 0 N–H and O–H groups in total. The van der Waals surface area contributed by atoms with Crippen LogP contribution < -0.4 is 0 Å². The van der Waals surface area contributed by atoms with Crippen LogP contribution >= 0.6 is 0 Å². The monoisotopic (exact) mass is 685 g/mol. The first-order valence-electron chi connectivity index (χ1n) is 18.6. The quantitative estimate of drug-likeness (QED) is 0.180. The molecule has 2 heterocycles. The maximum absolute atomic E-state index is 6.19. The first-order valence-corrected chi connectivity index (χ1v) is 18.6. The van der Waals surface area contributed by atoms with Crippen LogP contribution in [-0.2, 0) is 0 Å². The summed E-state index contributed by atoms with van der Waals surface area (Å²) in [7, 11) is 0. The molecule has 2 aromatic heterocycles. The molecule has 0 aliphatic heterocycles. The maximum Gasteiger partial charge on any atom is 0.135 e. The molecule has 1 aliphatic carbocycles. The van der Waals surface area contributed by atoms with E-state index < -0.39 is 0 Å². The van der Waals surface area contributed by atoms with Crippen LogP contribution in [0, 0.1) is 0 Å². The minimum Gasteiger partial charge on any atom is -0.456 e. The van der Waals surface area contributed by atoms with Gasteiger partial charge in [0.05, 0.1) is 11.0 Å². The summed E-state index contributed by atoms with van der Waals surface area (Å²) in [5.41, 5.74) is 17.8. The molecular weight excluding hydrogens is 655 g/mol. The number of furan rings is 1. The van der Waals surface area contributed by atoms with Gasteiger partial charge in [0, 0.05) is 27.2 Å². The molecule has 1 aliphatic rings. The van der Waals surface area contributed by atoms with Crippen LogP contribution in [0.25, 0.3) is 116 Å². The molecular formula is C52H31NO. The van der Waals surface area contributed by atoms with Crippen LogP contribution in [0.5, 0.6) is 0 Å². The highest BCUT2D eigenvalue weighted by Gasteiger charge is 2.25. The largest absolute Gasteiger partial charge is 0.456 e. The Morgan fingerprint density at radius 3 is 1.72 bits per heavy atom. The summed E-state index contributed by atoms with van der Waals surface area (Å²) in [5, 5.41) is 7.45. The molecule has 54 heavy (non-hydrogen) atoms. The number of para-hydroxylation sites is 1. The minimum absolute atomic E-state index is 0.913. The molecule has 12 rings (SSSR count). The Labute approximate surface area is 311 Å². The highest BCUT2D eigenvalue weighted by molar-refractivity contribution is 6.29. The number of aromatic nitrogens is 1. The van der Waals surface area contributed by atoms with E-state index in [0.717, 1.165) is 27.6 Å². The molecule has 0 unspecified atom stereocenters. The summed E-state index contributed by atoms with van der Waals surface area (Å²) in [6.45, 7) is 0. The third-order valence-electron chi connectivity index (χ3n) is 11.5. The first kappa shape index (κ1) is 29.4. The van der Waals surface area contributed by atoms with Crippen LogP contribution in [0.4, 0.5) is 0 Å². The molecule has 0 radical (unpaired) electrons. The average molecular weight is 686 g/mol. The molecule has 0 bridgehead atoms. The van der Waals surface area contributed by atoms with Crippen molar-refractivity contribution in [3.05, 3.63) is 188 Å². The third kappa shape index (κ3) is 4.22. The van der Waals surface area contributed by atoms with Gasteiger partial charge < -0.3 is 8.98 Å². The van der Waals surface area contributed by atoms with Gasteiger partial charge in [-0.3, -0.25) is 0 Å². The lowest BCUT2D eigenvalue weighted by atomic mass is 9.96. The van der Waals surface area contributed by atoms with Gasteiger partial charge in [-0.2, -0.15) is 0 Å². The molecule has 0 saturated heterocycles. The predicted molar refractivity (Wildman–Crippen MR) is 226 cm³/mol. The number of hydrogen-bond donors (Lipinski definition) is 0. The van der Waals surface area contributed by atoms with Crippen molar-refractivity contribution in [3.8, 4) is 61.3 Å². The molecule has 2 heteroatoms. The molecule has 250 valence electrons. The van der Waals surface area contributed by atoms with E-state index in [2.05, 4.69) is 180 Å². The number of benzene rings is 9. The van der Waals surface area contributed by atoms with Crippen LogP contribution in [0.15, 0.2) is 192 Å². The van der Waals surface area contributed by atoms with E-state index in [1.54, 1.807) is 0 Å². The van der Waals surface area contributed by atoms with Crippen molar-refractivity contribution in [3.63, 3.8) is 0 Å². The van der Waals surface area contributed by atoms with Crippen molar-refractivity contribution in [2.24, 2.45) is 0 Å². The Bertz CT molecular complexity index is 3310. The Morgan fingerprint density at radius 2 is 0.870 bits per heavy atom. The first-order chi connectivity index (χ1) is 26.8. The predicted octanol–water partition coefficient (Wildman–Crippen LogP) is 14.5. The van der Waals surface area contributed by atoms with E-state index in [9.17, 15) is 0 Å². The van der Waals surface area contributed by atoms with E-state index in [0.29, 0.717) is 0 Å².